The Labute approximate surface area is 352 Å². The molecule has 16 heteroatoms. The highest BCUT2D eigenvalue weighted by molar-refractivity contribution is 6.01. The fourth-order valence-corrected chi connectivity index (χ4v) is 10.5. The molecule has 0 saturated carbocycles. The molecule has 6 fully saturated rings. The van der Waals surface area contributed by atoms with Crippen molar-refractivity contribution in [1.82, 2.24) is 36.2 Å². The number of benzene rings is 2. The molecule has 2 aromatic carbocycles. The highest BCUT2D eigenvalue weighted by Gasteiger charge is 2.52. The lowest BCUT2D eigenvalue weighted by Crippen LogP contribution is -2.69. The Bertz CT molecular complexity index is 1900. The average molecular weight is 828 g/mol. The Kier molecular flexibility index (Phi) is 12.0. The molecule has 60 heavy (non-hydrogen) atoms. The van der Waals surface area contributed by atoms with Crippen molar-refractivity contribution in [3.8, 4) is 0 Å². The van der Waals surface area contributed by atoms with E-state index >= 15 is 4.39 Å². The van der Waals surface area contributed by atoms with Crippen LogP contribution in [0.25, 0.3) is 0 Å². The topological polar surface area (TPSA) is 160 Å². The molecule has 0 radical (unpaired) electrons. The smallest absolute Gasteiger partial charge is 0.249 e. The number of piperidine rings is 3. The van der Waals surface area contributed by atoms with Gasteiger partial charge >= 0.3 is 0 Å². The summed E-state index contributed by atoms with van der Waals surface area (Å²) >= 11 is 0. The van der Waals surface area contributed by atoms with Gasteiger partial charge in [-0.3, -0.25) is 45.6 Å². The summed E-state index contributed by atoms with van der Waals surface area (Å²) in [6, 6.07) is 13.1. The summed E-state index contributed by atoms with van der Waals surface area (Å²) in [7, 11) is 0. The molecular formula is C44H62FN11O4. The van der Waals surface area contributed by atoms with Crippen molar-refractivity contribution in [2.75, 3.05) is 79.3 Å². The van der Waals surface area contributed by atoms with Gasteiger partial charge in [-0.15, -0.1) is 0 Å². The molecule has 2 aromatic rings. The van der Waals surface area contributed by atoms with Gasteiger partial charge in [0.1, 0.15) is 18.1 Å². The molecule has 324 valence electrons. The van der Waals surface area contributed by atoms with Crippen LogP contribution in [0.1, 0.15) is 64.7 Å². The van der Waals surface area contributed by atoms with Crippen LogP contribution in [0, 0.1) is 17.7 Å². The number of allylic oxidation sites excluding steroid dienone is 1. The molecule has 2 bridgehead atoms. The number of piperazine rings is 1. The van der Waals surface area contributed by atoms with Crippen molar-refractivity contribution in [1.29, 1.82) is 0 Å². The zero-order chi connectivity index (χ0) is 41.4. The zero-order valence-electron chi connectivity index (χ0n) is 34.8. The number of hydrogen-bond acceptors (Lipinski definition) is 13. The monoisotopic (exact) mass is 827 g/mol. The first-order valence-corrected chi connectivity index (χ1v) is 22.3. The van der Waals surface area contributed by atoms with Crippen LogP contribution in [0.2, 0.25) is 0 Å². The summed E-state index contributed by atoms with van der Waals surface area (Å²) in [6.45, 7) is 9.65. The van der Waals surface area contributed by atoms with Crippen molar-refractivity contribution in [2.24, 2.45) is 11.8 Å². The maximum absolute atomic E-state index is 15.2. The third-order valence-electron chi connectivity index (χ3n) is 14.0. The molecule has 15 nitrogen and oxygen atoms in total. The Morgan fingerprint density at radius 3 is 2.42 bits per heavy atom. The summed E-state index contributed by atoms with van der Waals surface area (Å²) in [5.41, 5.74) is 2.53. The van der Waals surface area contributed by atoms with E-state index in [9.17, 15) is 19.5 Å². The van der Waals surface area contributed by atoms with E-state index in [0.717, 1.165) is 90.0 Å². The van der Waals surface area contributed by atoms with Crippen molar-refractivity contribution >= 4 is 40.5 Å². The molecule has 7 aliphatic rings. The molecule has 3 amide bonds. The standard InChI is InChI=1S/C44H62FN11O4/c1-44(60)18-3-2-4-19-55-42(59)33-27-46-43(51-40(33)56(55)38-7-5-6-37(44)49-38)48-30-8-11-32(12-9-30)53-24-22-52(23-25-53)28-29-16-20-54(21-17-29)36-14-10-31(26-34(36)45)47-35-13-15-39(57)50-41(35)58/h2,4,8-12,14,26,29,33,35,37-38,40,43,46-49,51,60H,3,5-7,13,15-25,27-28H2,1H3,(H,50,57,58)/b4-2-/t33?,35?,37?,38?,40?,43?,44-/m1/s1. The predicted octanol–water partition coefficient (Wildman–Crippen LogP) is 2.54. The number of halogens is 1. The van der Waals surface area contributed by atoms with Gasteiger partial charge in [-0.2, -0.15) is 5.01 Å². The van der Waals surface area contributed by atoms with Crippen LogP contribution in [0.4, 0.5) is 27.1 Å². The van der Waals surface area contributed by atoms with Gasteiger partial charge in [-0.05, 0) is 107 Å². The quantitative estimate of drug-likeness (QED) is 0.154. The number of amides is 3. The van der Waals surface area contributed by atoms with Crippen LogP contribution < -0.4 is 41.7 Å². The van der Waals surface area contributed by atoms with E-state index in [1.807, 2.05) is 18.0 Å². The average Bonchev–Trinajstić information content (AvgIpc) is 3.52. The molecule has 7 aliphatic heterocycles. The number of rotatable bonds is 8. The van der Waals surface area contributed by atoms with Gasteiger partial charge in [0.2, 0.25) is 17.7 Å². The van der Waals surface area contributed by atoms with Gasteiger partial charge in [0, 0.05) is 81.9 Å². The summed E-state index contributed by atoms with van der Waals surface area (Å²) < 4.78 is 15.2. The van der Waals surface area contributed by atoms with Gasteiger partial charge < -0.3 is 25.5 Å². The first-order chi connectivity index (χ1) is 29.1. The summed E-state index contributed by atoms with van der Waals surface area (Å²) in [6.07, 6.45) is 10.8. The molecular weight excluding hydrogens is 766 g/mol. The molecule has 7 atom stereocenters. The fourth-order valence-electron chi connectivity index (χ4n) is 10.5. The third-order valence-corrected chi connectivity index (χ3v) is 14.0. The molecule has 0 aromatic heterocycles. The first-order valence-electron chi connectivity index (χ1n) is 22.3. The number of nitrogens with zero attached hydrogens (tertiary/aromatic N) is 5. The molecule has 0 spiro atoms. The SMILES string of the molecule is C[C@@]1(O)CC/C=C\CN2C(=O)C3CNC(Nc4ccc(N5CCN(CC6CCN(c7ccc(NC8CCC(=O)NC8=O)cc7F)CC6)CC5)cc4)NC3N2C2CCCC1N2. The highest BCUT2D eigenvalue weighted by atomic mass is 19.1. The minimum atomic E-state index is -0.811. The summed E-state index contributed by atoms with van der Waals surface area (Å²) in [5, 5.41) is 35.5. The highest BCUT2D eigenvalue weighted by Crippen LogP contribution is 2.35. The van der Waals surface area contributed by atoms with Gasteiger partial charge in [0.25, 0.3) is 0 Å². The van der Waals surface area contributed by atoms with Crippen molar-refractivity contribution in [3.63, 3.8) is 0 Å². The van der Waals surface area contributed by atoms with Crippen LogP contribution >= 0.6 is 0 Å². The van der Waals surface area contributed by atoms with Crippen LogP contribution in [0.15, 0.2) is 54.6 Å². The molecule has 9 rings (SSSR count). The fraction of sp³-hybridized carbons (Fsp3) is 0.614. The van der Waals surface area contributed by atoms with E-state index in [1.165, 1.54) is 11.8 Å². The van der Waals surface area contributed by atoms with Crippen molar-refractivity contribution in [2.45, 2.75) is 101 Å². The van der Waals surface area contributed by atoms with E-state index in [-0.39, 0.29) is 60.5 Å². The molecule has 7 heterocycles. The normalized spacial score (nSPS) is 32.8. The van der Waals surface area contributed by atoms with Crippen LogP contribution in [-0.4, -0.2) is 133 Å². The minimum Gasteiger partial charge on any atom is -0.389 e. The molecule has 6 saturated heterocycles. The number of nitrogens with one attached hydrogen (secondary N) is 6. The largest absolute Gasteiger partial charge is 0.389 e. The second-order valence-electron chi connectivity index (χ2n) is 18.1. The third kappa shape index (κ3) is 8.86. The van der Waals surface area contributed by atoms with Crippen LogP contribution in [0.3, 0.4) is 0 Å². The van der Waals surface area contributed by atoms with E-state index in [4.69, 9.17) is 0 Å². The maximum Gasteiger partial charge on any atom is 0.249 e. The number of imide groups is 1. The van der Waals surface area contributed by atoms with Crippen molar-refractivity contribution < 1.29 is 23.9 Å². The number of carbonyl (C=O) groups excluding carboxylic acids is 3. The second kappa shape index (κ2) is 17.6. The Morgan fingerprint density at radius 2 is 1.65 bits per heavy atom. The van der Waals surface area contributed by atoms with Gasteiger partial charge in [0.15, 0.2) is 0 Å². The van der Waals surface area contributed by atoms with E-state index in [0.29, 0.717) is 43.2 Å². The zero-order valence-corrected chi connectivity index (χ0v) is 34.8. The number of fused-ring (bicyclic) bond motifs is 6. The van der Waals surface area contributed by atoms with E-state index in [2.05, 4.69) is 88.0 Å². The van der Waals surface area contributed by atoms with Crippen LogP contribution in [0.5, 0.6) is 0 Å². The lowest BCUT2D eigenvalue weighted by molar-refractivity contribution is -0.146. The Morgan fingerprint density at radius 1 is 0.867 bits per heavy atom. The lowest BCUT2D eigenvalue weighted by atomic mass is 9.85. The summed E-state index contributed by atoms with van der Waals surface area (Å²) in [5.74, 6) is -0.441. The number of aliphatic hydroxyl groups is 1. The number of hydrogen-bond donors (Lipinski definition) is 7. The van der Waals surface area contributed by atoms with Crippen LogP contribution in [-0.2, 0) is 14.4 Å². The first kappa shape index (κ1) is 41.1. The maximum atomic E-state index is 15.2. The van der Waals surface area contributed by atoms with E-state index in [1.54, 1.807) is 6.07 Å². The number of hydrazine groups is 1. The second-order valence-corrected chi connectivity index (χ2v) is 18.1. The molecule has 7 N–H and O–H groups in total. The van der Waals surface area contributed by atoms with E-state index < -0.39 is 11.6 Å². The lowest BCUT2D eigenvalue weighted by Gasteiger charge is -2.47. The molecule has 6 unspecified atom stereocenters. The number of anilines is 4. The Hall–Kier alpha value is -4.32. The Balaban J connectivity index is 0.731. The van der Waals surface area contributed by atoms with Crippen molar-refractivity contribution in [3.05, 3.63) is 60.4 Å². The summed E-state index contributed by atoms with van der Waals surface area (Å²) in [4.78, 5) is 44.5. The van der Waals surface area contributed by atoms with Gasteiger partial charge in [-0.25, -0.2) is 4.39 Å². The number of carbonyl (C=O) groups is 3. The minimum absolute atomic E-state index is 0.0233. The van der Waals surface area contributed by atoms with Gasteiger partial charge in [0.05, 0.1) is 36.1 Å². The molecule has 0 aliphatic carbocycles. The van der Waals surface area contributed by atoms with Gasteiger partial charge in [-0.1, -0.05) is 12.2 Å². The predicted molar refractivity (Wildman–Crippen MR) is 229 cm³/mol.